The first-order chi connectivity index (χ1) is 8.29. The standard InChI is InChI=1S/C13H23NO2S/c14-12(11-2-6-17-8-11)10-1-4-16-13(7-10)3-5-15-9-13/h10-12H,1-9,14H2. The third kappa shape index (κ3) is 2.50. The second kappa shape index (κ2) is 5.08. The van der Waals surface area contributed by atoms with E-state index in [2.05, 4.69) is 11.8 Å². The van der Waals surface area contributed by atoms with Gasteiger partial charge in [-0.05, 0) is 42.6 Å². The first-order valence-electron chi connectivity index (χ1n) is 6.84. The Kier molecular flexibility index (Phi) is 3.67. The number of hydrogen-bond donors (Lipinski definition) is 1. The summed E-state index contributed by atoms with van der Waals surface area (Å²) < 4.78 is 11.5. The van der Waals surface area contributed by atoms with Gasteiger partial charge in [-0.25, -0.2) is 0 Å². The van der Waals surface area contributed by atoms with Gasteiger partial charge in [0, 0.05) is 25.7 Å². The van der Waals surface area contributed by atoms with Crippen molar-refractivity contribution in [2.45, 2.75) is 37.3 Å². The Morgan fingerprint density at radius 3 is 2.88 bits per heavy atom. The molecule has 3 aliphatic heterocycles. The highest BCUT2D eigenvalue weighted by atomic mass is 32.2. The van der Waals surface area contributed by atoms with E-state index in [-0.39, 0.29) is 5.60 Å². The van der Waals surface area contributed by atoms with Crippen LogP contribution in [0.5, 0.6) is 0 Å². The number of nitrogens with two attached hydrogens (primary N) is 1. The molecule has 0 aromatic heterocycles. The second-order valence-electron chi connectivity index (χ2n) is 5.79. The molecule has 3 saturated heterocycles. The van der Waals surface area contributed by atoms with Crippen molar-refractivity contribution >= 4 is 11.8 Å². The lowest BCUT2D eigenvalue weighted by molar-refractivity contribution is -0.103. The molecular weight excluding hydrogens is 234 g/mol. The topological polar surface area (TPSA) is 44.5 Å². The summed E-state index contributed by atoms with van der Waals surface area (Å²) >= 11 is 2.06. The molecule has 0 aliphatic carbocycles. The smallest absolute Gasteiger partial charge is 0.0939 e. The highest BCUT2D eigenvalue weighted by Gasteiger charge is 2.43. The van der Waals surface area contributed by atoms with Crippen LogP contribution < -0.4 is 5.73 Å². The van der Waals surface area contributed by atoms with Gasteiger partial charge in [0.05, 0.1) is 12.2 Å². The van der Waals surface area contributed by atoms with Crippen molar-refractivity contribution < 1.29 is 9.47 Å². The molecule has 98 valence electrons. The Morgan fingerprint density at radius 2 is 2.18 bits per heavy atom. The van der Waals surface area contributed by atoms with Gasteiger partial charge in [-0.3, -0.25) is 0 Å². The molecule has 0 saturated carbocycles. The molecular formula is C13H23NO2S. The van der Waals surface area contributed by atoms with E-state index < -0.39 is 0 Å². The predicted molar refractivity (Wildman–Crippen MR) is 70.3 cm³/mol. The zero-order valence-corrected chi connectivity index (χ0v) is 11.2. The van der Waals surface area contributed by atoms with Gasteiger partial charge < -0.3 is 15.2 Å². The van der Waals surface area contributed by atoms with Gasteiger partial charge in [-0.2, -0.15) is 11.8 Å². The molecule has 2 N–H and O–H groups in total. The minimum Gasteiger partial charge on any atom is -0.378 e. The second-order valence-corrected chi connectivity index (χ2v) is 6.94. The van der Waals surface area contributed by atoms with E-state index >= 15 is 0 Å². The summed E-state index contributed by atoms with van der Waals surface area (Å²) in [5.74, 6) is 3.95. The van der Waals surface area contributed by atoms with E-state index in [9.17, 15) is 0 Å². The molecule has 0 aromatic carbocycles. The molecule has 0 amide bonds. The summed E-state index contributed by atoms with van der Waals surface area (Å²) in [5.41, 5.74) is 6.52. The summed E-state index contributed by atoms with van der Waals surface area (Å²) in [6, 6.07) is 0.381. The fraction of sp³-hybridized carbons (Fsp3) is 1.00. The van der Waals surface area contributed by atoms with Crippen molar-refractivity contribution in [2.75, 3.05) is 31.3 Å². The lowest BCUT2D eigenvalue weighted by Crippen LogP contribution is -2.48. The van der Waals surface area contributed by atoms with Crippen LogP contribution in [0, 0.1) is 11.8 Å². The maximum absolute atomic E-state index is 6.49. The zero-order valence-electron chi connectivity index (χ0n) is 10.4. The van der Waals surface area contributed by atoms with Crippen molar-refractivity contribution in [3.8, 4) is 0 Å². The van der Waals surface area contributed by atoms with Gasteiger partial charge in [0.2, 0.25) is 0 Å². The summed E-state index contributed by atoms with van der Waals surface area (Å²) in [6.45, 7) is 2.53. The molecule has 0 aromatic rings. The van der Waals surface area contributed by atoms with Crippen molar-refractivity contribution in [2.24, 2.45) is 17.6 Å². The fourth-order valence-corrected chi connectivity index (χ4v) is 4.83. The van der Waals surface area contributed by atoms with E-state index in [4.69, 9.17) is 15.2 Å². The van der Waals surface area contributed by atoms with Crippen LogP contribution in [0.15, 0.2) is 0 Å². The summed E-state index contributed by atoms with van der Waals surface area (Å²) in [7, 11) is 0. The van der Waals surface area contributed by atoms with Crippen LogP contribution in [0.4, 0.5) is 0 Å². The average molecular weight is 257 g/mol. The molecule has 4 unspecified atom stereocenters. The maximum Gasteiger partial charge on any atom is 0.0939 e. The summed E-state index contributed by atoms with van der Waals surface area (Å²) in [5, 5.41) is 0. The van der Waals surface area contributed by atoms with Crippen LogP contribution in [0.2, 0.25) is 0 Å². The van der Waals surface area contributed by atoms with Gasteiger partial charge in [0.25, 0.3) is 0 Å². The molecule has 1 spiro atoms. The molecule has 0 radical (unpaired) electrons. The monoisotopic (exact) mass is 257 g/mol. The summed E-state index contributed by atoms with van der Waals surface area (Å²) in [4.78, 5) is 0. The SMILES string of the molecule is NC(C1CCSC1)C1CCOC2(CCOC2)C1. The number of rotatable bonds is 2. The Bertz CT molecular complexity index is 262. The van der Waals surface area contributed by atoms with Crippen LogP contribution in [0.3, 0.4) is 0 Å². The normalized spacial score (nSPS) is 44.3. The molecule has 3 nitrogen and oxygen atoms in total. The molecule has 3 heterocycles. The van der Waals surface area contributed by atoms with Crippen LogP contribution >= 0.6 is 11.8 Å². The van der Waals surface area contributed by atoms with E-state index in [1.54, 1.807) is 0 Å². The van der Waals surface area contributed by atoms with Crippen molar-refractivity contribution in [3.63, 3.8) is 0 Å². The van der Waals surface area contributed by atoms with E-state index in [0.29, 0.717) is 12.0 Å². The van der Waals surface area contributed by atoms with Crippen LogP contribution in [-0.2, 0) is 9.47 Å². The molecule has 3 aliphatic rings. The third-order valence-electron chi connectivity index (χ3n) is 4.65. The first kappa shape index (κ1) is 12.3. The van der Waals surface area contributed by atoms with Gasteiger partial charge in [-0.15, -0.1) is 0 Å². The third-order valence-corrected chi connectivity index (χ3v) is 5.84. The number of ether oxygens (including phenoxy) is 2. The van der Waals surface area contributed by atoms with E-state index in [1.807, 2.05) is 0 Å². The first-order valence-corrected chi connectivity index (χ1v) is 8.00. The quantitative estimate of drug-likeness (QED) is 0.817. The lowest BCUT2D eigenvalue weighted by Gasteiger charge is -2.40. The zero-order chi connectivity index (χ0) is 11.7. The minimum absolute atomic E-state index is 0.0201. The van der Waals surface area contributed by atoms with Crippen molar-refractivity contribution in [3.05, 3.63) is 0 Å². The Labute approximate surface area is 108 Å². The molecule has 0 bridgehead atoms. The van der Waals surface area contributed by atoms with Crippen molar-refractivity contribution in [1.82, 2.24) is 0 Å². The molecule has 4 heteroatoms. The van der Waals surface area contributed by atoms with Gasteiger partial charge in [0.1, 0.15) is 0 Å². The lowest BCUT2D eigenvalue weighted by atomic mass is 9.77. The van der Waals surface area contributed by atoms with Crippen LogP contribution in [-0.4, -0.2) is 43.0 Å². The van der Waals surface area contributed by atoms with Gasteiger partial charge >= 0.3 is 0 Å². The highest BCUT2D eigenvalue weighted by Crippen LogP contribution is 2.39. The summed E-state index contributed by atoms with van der Waals surface area (Å²) in [6.07, 6.45) is 4.64. The average Bonchev–Trinajstić information content (AvgIpc) is 3.00. The van der Waals surface area contributed by atoms with Crippen LogP contribution in [0.1, 0.15) is 25.7 Å². The Hall–Kier alpha value is 0.230. The molecule has 3 rings (SSSR count). The fourth-order valence-electron chi connectivity index (χ4n) is 3.50. The number of thioether (sulfide) groups is 1. The highest BCUT2D eigenvalue weighted by molar-refractivity contribution is 7.99. The molecule has 4 atom stereocenters. The Balaban J connectivity index is 1.62. The number of hydrogen-bond acceptors (Lipinski definition) is 4. The van der Waals surface area contributed by atoms with Crippen LogP contribution in [0.25, 0.3) is 0 Å². The van der Waals surface area contributed by atoms with Crippen molar-refractivity contribution in [1.29, 1.82) is 0 Å². The van der Waals surface area contributed by atoms with Gasteiger partial charge in [-0.1, -0.05) is 0 Å². The van der Waals surface area contributed by atoms with Gasteiger partial charge in [0.15, 0.2) is 0 Å². The molecule has 17 heavy (non-hydrogen) atoms. The largest absolute Gasteiger partial charge is 0.378 e. The minimum atomic E-state index is 0.0201. The van der Waals surface area contributed by atoms with E-state index in [1.165, 1.54) is 17.9 Å². The predicted octanol–water partition coefficient (Wildman–Crippen LogP) is 1.65. The molecule has 3 fully saturated rings. The maximum atomic E-state index is 6.49. The van der Waals surface area contributed by atoms with E-state index in [0.717, 1.165) is 45.0 Å². The Morgan fingerprint density at radius 1 is 1.24 bits per heavy atom.